The SMILES string of the molecule is CC(C)(C)n1nc(C(=O)Nc2ccccc2C(=O)NC2CC2)cc1C1CC1. The summed E-state index contributed by atoms with van der Waals surface area (Å²) < 4.78 is 1.96. The van der Waals surface area contributed by atoms with E-state index in [9.17, 15) is 9.59 Å². The molecule has 2 N–H and O–H groups in total. The van der Waals surface area contributed by atoms with Crippen molar-refractivity contribution in [2.45, 2.75) is 64.0 Å². The smallest absolute Gasteiger partial charge is 0.276 e. The van der Waals surface area contributed by atoms with Gasteiger partial charge in [0.1, 0.15) is 0 Å². The fraction of sp³-hybridized carbons (Fsp3) is 0.476. The maximum Gasteiger partial charge on any atom is 0.276 e. The standard InChI is InChI=1S/C21H26N4O2/c1-21(2,3)25-18(13-8-9-13)12-17(24-25)20(27)23-16-7-5-4-6-15(16)19(26)22-14-10-11-14/h4-7,12-14H,8-11H2,1-3H3,(H,22,26)(H,23,27). The summed E-state index contributed by atoms with van der Waals surface area (Å²) in [6, 6.07) is 9.26. The first-order valence-electron chi connectivity index (χ1n) is 9.64. The van der Waals surface area contributed by atoms with Gasteiger partial charge in [0.05, 0.1) is 16.8 Å². The molecule has 0 aliphatic heterocycles. The second-order valence-electron chi connectivity index (χ2n) is 8.56. The number of rotatable bonds is 5. The third-order valence-electron chi connectivity index (χ3n) is 4.93. The number of para-hydroxylation sites is 1. The van der Waals surface area contributed by atoms with Crippen molar-refractivity contribution in [3.8, 4) is 0 Å². The average molecular weight is 366 g/mol. The Bertz CT molecular complexity index is 886. The number of carbonyl (C=O) groups is 2. The number of hydrogen-bond donors (Lipinski definition) is 2. The molecule has 2 aliphatic carbocycles. The molecule has 0 atom stereocenters. The Hall–Kier alpha value is -2.63. The third-order valence-corrected chi connectivity index (χ3v) is 4.93. The maximum atomic E-state index is 12.8. The topological polar surface area (TPSA) is 76.0 Å². The van der Waals surface area contributed by atoms with Crippen molar-refractivity contribution >= 4 is 17.5 Å². The van der Waals surface area contributed by atoms with Crippen LogP contribution in [0, 0.1) is 0 Å². The number of benzene rings is 1. The number of hydrogen-bond acceptors (Lipinski definition) is 3. The zero-order valence-corrected chi connectivity index (χ0v) is 16.1. The first-order chi connectivity index (χ1) is 12.8. The summed E-state index contributed by atoms with van der Waals surface area (Å²) in [7, 11) is 0. The van der Waals surface area contributed by atoms with E-state index in [1.165, 1.54) is 0 Å². The highest BCUT2D eigenvalue weighted by molar-refractivity contribution is 6.08. The molecule has 1 aromatic heterocycles. The van der Waals surface area contributed by atoms with Crippen LogP contribution < -0.4 is 10.6 Å². The molecule has 4 rings (SSSR count). The summed E-state index contributed by atoms with van der Waals surface area (Å²) in [5.74, 6) is 0.0637. The molecule has 2 aliphatic rings. The van der Waals surface area contributed by atoms with Gasteiger partial charge in [0, 0.05) is 17.7 Å². The van der Waals surface area contributed by atoms with Crippen molar-refractivity contribution in [2.24, 2.45) is 0 Å². The Morgan fingerprint density at radius 1 is 1.07 bits per heavy atom. The van der Waals surface area contributed by atoms with Gasteiger partial charge in [0.25, 0.3) is 11.8 Å². The minimum Gasteiger partial charge on any atom is -0.349 e. The number of anilines is 1. The van der Waals surface area contributed by atoms with Crippen LogP contribution in [0.3, 0.4) is 0 Å². The summed E-state index contributed by atoms with van der Waals surface area (Å²) in [4.78, 5) is 25.3. The van der Waals surface area contributed by atoms with Crippen LogP contribution in [0.2, 0.25) is 0 Å². The molecule has 0 bridgehead atoms. The van der Waals surface area contributed by atoms with Crippen molar-refractivity contribution in [1.82, 2.24) is 15.1 Å². The second kappa shape index (κ2) is 6.51. The Morgan fingerprint density at radius 3 is 2.41 bits per heavy atom. The minimum atomic E-state index is -0.286. The average Bonchev–Trinajstić information content (AvgIpc) is 3.54. The molecule has 27 heavy (non-hydrogen) atoms. The molecule has 1 aromatic carbocycles. The lowest BCUT2D eigenvalue weighted by Crippen LogP contribution is -2.27. The van der Waals surface area contributed by atoms with E-state index < -0.39 is 0 Å². The van der Waals surface area contributed by atoms with Crippen LogP contribution in [0.5, 0.6) is 0 Å². The number of aromatic nitrogens is 2. The molecular weight excluding hydrogens is 340 g/mol. The van der Waals surface area contributed by atoms with E-state index in [1.54, 1.807) is 18.2 Å². The fourth-order valence-corrected chi connectivity index (χ4v) is 3.18. The largest absolute Gasteiger partial charge is 0.349 e. The molecule has 1 heterocycles. The maximum absolute atomic E-state index is 12.8. The van der Waals surface area contributed by atoms with E-state index in [4.69, 9.17) is 0 Å². The predicted octanol–water partition coefficient (Wildman–Crippen LogP) is 3.66. The van der Waals surface area contributed by atoms with E-state index in [0.717, 1.165) is 31.4 Å². The Balaban J connectivity index is 1.57. The van der Waals surface area contributed by atoms with Gasteiger partial charge < -0.3 is 10.6 Å². The van der Waals surface area contributed by atoms with Crippen LogP contribution in [0.1, 0.15) is 78.9 Å². The molecule has 0 radical (unpaired) electrons. The second-order valence-corrected chi connectivity index (χ2v) is 8.56. The van der Waals surface area contributed by atoms with Crippen molar-refractivity contribution in [3.05, 3.63) is 47.3 Å². The van der Waals surface area contributed by atoms with Gasteiger partial charge in [-0.25, -0.2) is 0 Å². The van der Waals surface area contributed by atoms with Crippen LogP contribution in [-0.4, -0.2) is 27.6 Å². The number of nitrogens with one attached hydrogen (secondary N) is 2. The minimum absolute atomic E-state index is 0.146. The van der Waals surface area contributed by atoms with Crippen LogP contribution in [0.25, 0.3) is 0 Å². The Morgan fingerprint density at radius 2 is 1.78 bits per heavy atom. The molecule has 2 fully saturated rings. The first-order valence-corrected chi connectivity index (χ1v) is 9.64. The molecule has 142 valence electrons. The van der Waals surface area contributed by atoms with Crippen molar-refractivity contribution in [1.29, 1.82) is 0 Å². The molecule has 0 spiro atoms. The van der Waals surface area contributed by atoms with Gasteiger partial charge in [-0.1, -0.05) is 12.1 Å². The van der Waals surface area contributed by atoms with Crippen LogP contribution in [-0.2, 0) is 5.54 Å². The zero-order chi connectivity index (χ0) is 19.2. The summed E-state index contributed by atoms with van der Waals surface area (Å²) >= 11 is 0. The Kier molecular flexibility index (Phi) is 4.29. The van der Waals surface area contributed by atoms with E-state index in [2.05, 4.69) is 36.5 Å². The summed E-state index contributed by atoms with van der Waals surface area (Å²) in [5, 5.41) is 10.4. The van der Waals surface area contributed by atoms with Gasteiger partial charge in [0.15, 0.2) is 5.69 Å². The van der Waals surface area contributed by atoms with Crippen molar-refractivity contribution in [3.63, 3.8) is 0 Å². The zero-order valence-electron chi connectivity index (χ0n) is 16.1. The van der Waals surface area contributed by atoms with Crippen molar-refractivity contribution < 1.29 is 9.59 Å². The molecule has 0 saturated heterocycles. The highest BCUT2D eigenvalue weighted by Gasteiger charge is 2.32. The molecule has 2 saturated carbocycles. The molecular formula is C21H26N4O2. The predicted molar refractivity (Wildman–Crippen MR) is 104 cm³/mol. The summed E-state index contributed by atoms with van der Waals surface area (Å²) in [5.41, 5.74) is 2.32. The molecule has 2 aromatic rings. The van der Waals surface area contributed by atoms with Gasteiger partial charge in [-0.15, -0.1) is 0 Å². The lowest BCUT2D eigenvalue weighted by atomic mass is 10.1. The van der Waals surface area contributed by atoms with Gasteiger partial charge >= 0.3 is 0 Å². The third kappa shape index (κ3) is 3.89. The number of nitrogens with zero attached hydrogens (tertiary/aromatic N) is 2. The van der Waals surface area contributed by atoms with Crippen LogP contribution in [0.15, 0.2) is 30.3 Å². The van der Waals surface area contributed by atoms with Crippen LogP contribution >= 0.6 is 0 Å². The first kappa shape index (κ1) is 17.8. The normalized spacial score (nSPS) is 16.9. The quantitative estimate of drug-likeness (QED) is 0.848. The lowest BCUT2D eigenvalue weighted by Gasteiger charge is -2.22. The number of carbonyl (C=O) groups excluding carboxylic acids is 2. The Labute approximate surface area is 159 Å². The highest BCUT2D eigenvalue weighted by Crippen LogP contribution is 2.41. The molecule has 0 unspecified atom stereocenters. The van der Waals surface area contributed by atoms with Crippen LogP contribution in [0.4, 0.5) is 5.69 Å². The van der Waals surface area contributed by atoms with E-state index >= 15 is 0 Å². The van der Waals surface area contributed by atoms with Gasteiger partial charge in [-0.3, -0.25) is 14.3 Å². The summed E-state index contributed by atoms with van der Waals surface area (Å²) in [6.45, 7) is 6.27. The fourth-order valence-electron chi connectivity index (χ4n) is 3.18. The summed E-state index contributed by atoms with van der Waals surface area (Å²) in [6.07, 6.45) is 4.34. The van der Waals surface area contributed by atoms with Gasteiger partial charge in [-0.05, 0) is 64.7 Å². The highest BCUT2D eigenvalue weighted by atomic mass is 16.2. The van der Waals surface area contributed by atoms with E-state index in [1.807, 2.05) is 16.8 Å². The monoisotopic (exact) mass is 366 g/mol. The molecule has 2 amide bonds. The molecule has 6 nitrogen and oxygen atoms in total. The lowest BCUT2D eigenvalue weighted by molar-refractivity contribution is 0.0952. The van der Waals surface area contributed by atoms with Gasteiger partial charge in [0.2, 0.25) is 0 Å². The molecule has 6 heteroatoms. The van der Waals surface area contributed by atoms with E-state index in [0.29, 0.717) is 22.9 Å². The van der Waals surface area contributed by atoms with E-state index in [-0.39, 0.29) is 23.4 Å². The number of amides is 2. The van der Waals surface area contributed by atoms with Crippen molar-refractivity contribution in [2.75, 3.05) is 5.32 Å². The van der Waals surface area contributed by atoms with Gasteiger partial charge in [-0.2, -0.15) is 5.10 Å².